The number of para-hydroxylation sites is 3. The van der Waals surface area contributed by atoms with Crippen molar-refractivity contribution in [1.82, 2.24) is 14.1 Å². The van der Waals surface area contributed by atoms with E-state index < -0.39 is 6.98 Å². The van der Waals surface area contributed by atoms with Gasteiger partial charge in [-0.15, -0.1) is 0 Å². The van der Waals surface area contributed by atoms with Crippen molar-refractivity contribution in [3.05, 3.63) is 108 Å². The Morgan fingerprint density at radius 3 is 2.53 bits per heavy atom. The molecule has 5 nitrogen and oxygen atoms in total. The largest absolute Gasteiger partial charge is 0.457 e. The minimum atomic E-state index is -2.47. The molecule has 0 aliphatic carbocycles. The van der Waals surface area contributed by atoms with Gasteiger partial charge in [0.25, 0.3) is 0 Å². The van der Waals surface area contributed by atoms with Gasteiger partial charge in [-0.1, -0.05) is 52.3 Å². The minimum Gasteiger partial charge on any atom is -0.457 e. The molecule has 0 N–H and O–H groups in total. The lowest BCUT2D eigenvalue weighted by atomic mass is 10.1. The number of rotatable bonds is 3. The number of furan rings is 1. The highest BCUT2D eigenvalue weighted by Crippen LogP contribution is 2.42. The molecule has 8 rings (SSSR count). The topological polar surface area (TPSA) is 45.1 Å². The highest BCUT2D eigenvalue weighted by atomic mass is 79.9. The lowest BCUT2D eigenvalue weighted by Crippen LogP contribution is -2.03. The number of benzene rings is 5. The van der Waals surface area contributed by atoms with E-state index in [0.29, 0.717) is 28.5 Å². The second kappa shape index (κ2) is 7.97. The third-order valence-electron chi connectivity index (χ3n) is 7.02. The van der Waals surface area contributed by atoms with Crippen LogP contribution in [0.15, 0.2) is 112 Å². The first kappa shape index (κ1) is 18.7. The summed E-state index contributed by atoms with van der Waals surface area (Å²) in [5.41, 5.74) is 4.20. The predicted molar refractivity (Wildman–Crippen MR) is 157 cm³/mol. The van der Waals surface area contributed by atoms with Crippen molar-refractivity contribution >= 4 is 70.7 Å². The first-order valence-corrected chi connectivity index (χ1v) is 13.0. The number of hydrogen-bond donors (Lipinski definition) is 0. The van der Waals surface area contributed by atoms with Gasteiger partial charge in [-0.25, -0.2) is 4.98 Å². The van der Waals surface area contributed by atoms with Crippen LogP contribution in [0.4, 0.5) is 0 Å². The van der Waals surface area contributed by atoms with Crippen LogP contribution in [0.2, 0.25) is 0 Å². The molecule has 0 atom stereocenters. The van der Waals surface area contributed by atoms with Crippen molar-refractivity contribution in [1.29, 1.82) is 0 Å². The van der Waals surface area contributed by atoms with Crippen molar-refractivity contribution in [2.24, 2.45) is 6.98 Å². The van der Waals surface area contributed by atoms with Gasteiger partial charge in [0.2, 0.25) is 5.95 Å². The Morgan fingerprint density at radius 1 is 0.763 bits per heavy atom. The van der Waals surface area contributed by atoms with E-state index in [1.165, 1.54) is 4.57 Å². The maximum absolute atomic E-state index is 8.44. The van der Waals surface area contributed by atoms with E-state index in [-0.39, 0.29) is 0 Å². The molecule has 0 unspecified atom stereocenters. The summed E-state index contributed by atoms with van der Waals surface area (Å²) in [5.74, 6) is 1.58. The Hall–Kier alpha value is -4.55. The van der Waals surface area contributed by atoms with Gasteiger partial charge >= 0.3 is 0 Å². The van der Waals surface area contributed by atoms with Crippen LogP contribution in [0.1, 0.15) is 4.11 Å². The smallest absolute Gasteiger partial charge is 0.215 e. The average Bonchev–Trinajstić information content (AvgIpc) is 3.61. The maximum atomic E-state index is 8.44. The third-order valence-corrected chi connectivity index (χ3v) is 7.51. The van der Waals surface area contributed by atoms with E-state index in [0.717, 1.165) is 48.2 Å². The van der Waals surface area contributed by atoms with Crippen LogP contribution in [-0.4, -0.2) is 14.1 Å². The van der Waals surface area contributed by atoms with Crippen LogP contribution in [0, 0.1) is 0 Å². The molecule has 6 heteroatoms. The van der Waals surface area contributed by atoms with Gasteiger partial charge in [-0.3, -0.25) is 4.57 Å². The Morgan fingerprint density at radius 2 is 1.61 bits per heavy atom. The molecule has 0 radical (unpaired) electrons. The Balaban J connectivity index is 1.50. The first-order valence-electron chi connectivity index (χ1n) is 13.7. The first-order chi connectivity index (χ1) is 19.9. The molecular weight excluding hydrogens is 538 g/mol. The van der Waals surface area contributed by atoms with E-state index in [1.54, 1.807) is 6.07 Å². The second-order valence-electron chi connectivity index (χ2n) is 9.24. The lowest BCUT2D eigenvalue weighted by molar-refractivity contribution is 0.483. The molecule has 0 bridgehead atoms. The fraction of sp³-hybridized carbons (Fsp3) is 0.0312. The van der Waals surface area contributed by atoms with Crippen LogP contribution < -0.4 is 4.74 Å². The summed E-state index contributed by atoms with van der Waals surface area (Å²) in [5, 5.41) is 3.79. The van der Waals surface area contributed by atoms with E-state index in [4.69, 9.17) is 18.3 Å². The van der Waals surface area contributed by atoms with Crippen LogP contribution in [0.25, 0.3) is 60.7 Å². The number of halogens is 1. The van der Waals surface area contributed by atoms with Gasteiger partial charge in [0.15, 0.2) is 0 Å². The molecule has 0 saturated heterocycles. The molecule has 0 aliphatic heterocycles. The third kappa shape index (κ3) is 3.07. The second-order valence-corrected chi connectivity index (χ2v) is 10.2. The number of aromatic nitrogens is 3. The van der Waals surface area contributed by atoms with E-state index in [9.17, 15) is 0 Å². The summed E-state index contributed by atoms with van der Waals surface area (Å²) < 4.78 is 42.1. The van der Waals surface area contributed by atoms with Crippen molar-refractivity contribution < 1.29 is 13.3 Å². The number of imidazole rings is 1. The Labute approximate surface area is 229 Å². The molecule has 8 aromatic rings. The van der Waals surface area contributed by atoms with Gasteiger partial charge in [0.1, 0.15) is 22.7 Å². The molecule has 3 aromatic heterocycles. The number of nitrogens with zero attached hydrogens (tertiary/aromatic N) is 3. The number of hydrogen-bond acceptors (Lipinski definition) is 3. The SMILES string of the molecule is [2H]C([2H])([2H])n1c(-n2c3cc(Oc4cccc(Br)c4)ccc3c3c4oc5ccccc5c4ccc32)nc2ccccc21. The highest BCUT2D eigenvalue weighted by Gasteiger charge is 2.22. The minimum absolute atomic E-state index is 0.293. The lowest BCUT2D eigenvalue weighted by Gasteiger charge is -2.09. The molecule has 38 heavy (non-hydrogen) atoms. The van der Waals surface area contributed by atoms with Crippen molar-refractivity contribution in [2.75, 3.05) is 0 Å². The normalized spacial score (nSPS) is 13.4. The van der Waals surface area contributed by atoms with Gasteiger partial charge in [0, 0.05) is 37.8 Å². The molecule has 182 valence electrons. The standard InChI is InChI=1S/C32H20BrN3O2/c1-35-26-11-4-3-10-25(26)34-32(35)36-27-16-15-23-22-9-2-5-12-29(22)38-31(23)30(27)24-14-13-21(18-28(24)36)37-20-8-6-7-19(33)17-20/h2-18H,1H3/i1D3. The molecule has 0 saturated carbocycles. The molecule has 0 aliphatic rings. The zero-order valence-electron chi connectivity index (χ0n) is 22.9. The summed E-state index contributed by atoms with van der Waals surface area (Å²) in [6.45, 7) is -2.47. The summed E-state index contributed by atoms with van der Waals surface area (Å²) in [7, 11) is 0. The fourth-order valence-corrected chi connectivity index (χ4v) is 5.75. The molecule has 0 spiro atoms. The average molecular weight is 561 g/mol. The maximum Gasteiger partial charge on any atom is 0.215 e. The van der Waals surface area contributed by atoms with Crippen molar-refractivity contribution in [2.45, 2.75) is 0 Å². The predicted octanol–water partition coefficient (Wildman–Crippen LogP) is 9.12. The number of fused-ring (bicyclic) bond motifs is 8. The van der Waals surface area contributed by atoms with Crippen LogP contribution >= 0.6 is 15.9 Å². The van der Waals surface area contributed by atoms with Crippen molar-refractivity contribution in [3.8, 4) is 17.4 Å². The fourth-order valence-electron chi connectivity index (χ4n) is 5.37. The Kier molecular flexibility index (Phi) is 3.91. The van der Waals surface area contributed by atoms with Gasteiger partial charge in [-0.05, 0) is 60.7 Å². The van der Waals surface area contributed by atoms with Gasteiger partial charge in [0.05, 0.1) is 27.5 Å². The summed E-state index contributed by atoms with van der Waals surface area (Å²) in [6, 6.07) is 32.7. The molecule has 5 aromatic carbocycles. The summed E-state index contributed by atoms with van der Waals surface area (Å²) in [6.07, 6.45) is 0. The van der Waals surface area contributed by atoms with Crippen molar-refractivity contribution in [3.63, 3.8) is 0 Å². The van der Waals surface area contributed by atoms with Crippen LogP contribution in [0.5, 0.6) is 11.5 Å². The molecule has 0 fully saturated rings. The molecular formula is C32H20BrN3O2. The van der Waals surface area contributed by atoms with E-state index >= 15 is 0 Å². The summed E-state index contributed by atoms with van der Waals surface area (Å²) >= 11 is 3.50. The monoisotopic (exact) mass is 560 g/mol. The number of ether oxygens (including phenoxy) is 1. The highest BCUT2D eigenvalue weighted by molar-refractivity contribution is 9.10. The summed E-state index contributed by atoms with van der Waals surface area (Å²) in [4.78, 5) is 4.86. The Bertz CT molecular complexity index is 2310. The van der Waals surface area contributed by atoms with E-state index in [2.05, 4.69) is 15.9 Å². The molecule has 0 amide bonds. The van der Waals surface area contributed by atoms with E-state index in [1.807, 2.05) is 102 Å². The van der Waals surface area contributed by atoms with Gasteiger partial charge in [-0.2, -0.15) is 0 Å². The van der Waals surface area contributed by atoms with Gasteiger partial charge < -0.3 is 13.7 Å². The zero-order valence-corrected chi connectivity index (χ0v) is 21.4. The van der Waals surface area contributed by atoms with Crippen LogP contribution in [0.3, 0.4) is 0 Å². The zero-order chi connectivity index (χ0) is 27.9. The number of aryl methyl sites for hydroxylation is 1. The quantitative estimate of drug-likeness (QED) is 0.216. The molecule has 3 heterocycles. The van der Waals surface area contributed by atoms with Crippen LogP contribution in [-0.2, 0) is 6.98 Å².